The summed E-state index contributed by atoms with van der Waals surface area (Å²) in [4.78, 5) is 20.8. The van der Waals surface area contributed by atoms with Crippen molar-refractivity contribution >= 4 is 35.0 Å². The number of halogens is 4. The molecule has 0 aliphatic carbocycles. The van der Waals surface area contributed by atoms with Crippen LogP contribution in [0.2, 0.25) is 5.02 Å². The molecule has 2 heterocycles. The first-order chi connectivity index (χ1) is 16.2. The molecule has 34 heavy (non-hydrogen) atoms. The Hall–Kier alpha value is -2.65. The molecule has 1 amide bonds. The Morgan fingerprint density at radius 2 is 1.82 bits per heavy atom. The van der Waals surface area contributed by atoms with Crippen molar-refractivity contribution in [3.63, 3.8) is 0 Å². The van der Waals surface area contributed by atoms with E-state index in [0.29, 0.717) is 60.0 Å². The number of carbonyl (C=O) groups excluding carboxylic acids is 1. The van der Waals surface area contributed by atoms with Crippen LogP contribution < -0.4 is 4.90 Å². The van der Waals surface area contributed by atoms with Crippen LogP contribution >= 0.6 is 23.4 Å². The fourth-order valence-electron chi connectivity index (χ4n) is 3.70. The van der Waals surface area contributed by atoms with E-state index in [0.717, 1.165) is 23.4 Å². The van der Waals surface area contributed by atoms with E-state index in [1.165, 1.54) is 17.8 Å². The van der Waals surface area contributed by atoms with E-state index in [2.05, 4.69) is 4.98 Å². The van der Waals surface area contributed by atoms with E-state index < -0.39 is 11.7 Å². The van der Waals surface area contributed by atoms with Crippen molar-refractivity contribution in [2.45, 2.75) is 18.9 Å². The number of hydrogen-bond acceptors (Lipinski definition) is 5. The fraction of sp³-hybridized carbons (Fsp3) is 0.333. The summed E-state index contributed by atoms with van der Waals surface area (Å²) >= 11 is 7.39. The van der Waals surface area contributed by atoms with Gasteiger partial charge in [-0.05, 0) is 49.4 Å². The minimum atomic E-state index is -4.37. The smallest absolute Gasteiger partial charge is 0.416 e. The number of amides is 1. The number of rotatable bonds is 6. The van der Waals surface area contributed by atoms with Gasteiger partial charge in [-0.15, -0.1) is 11.8 Å². The largest absolute Gasteiger partial charge is 0.441 e. The zero-order valence-electron chi connectivity index (χ0n) is 18.4. The van der Waals surface area contributed by atoms with Crippen LogP contribution in [0.3, 0.4) is 0 Å². The summed E-state index contributed by atoms with van der Waals surface area (Å²) < 4.78 is 44.7. The molecule has 3 aromatic rings. The minimum absolute atomic E-state index is 0.00719. The van der Waals surface area contributed by atoms with Crippen molar-refractivity contribution in [3.8, 4) is 11.5 Å². The van der Waals surface area contributed by atoms with Gasteiger partial charge in [0.15, 0.2) is 0 Å². The van der Waals surface area contributed by atoms with Crippen LogP contribution in [0.15, 0.2) is 52.9 Å². The molecule has 0 N–H and O–H groups in total. The van der Waals surface area contributed by atoms with Gasteiger partial charge in [-0.1, -0.05) is 17.7 Å². The van der Waals surface area contributed by atoms with Crippen molar-refractivity contribution in [1.29, 1.82) is 0 Å². The average Bonchev–Trinajstić information content (AvgIpc) is 3.19. The van der Waals surface area contributed by atoms with Gasteiger partial charge in [0, 0.05) is 48.2 Å². The van der Waals surface area contributed by atoms with Gasteiger partial charge in [0.2, 0.25) is 11.8 Å². The van der Waals surface area contributed by atoms with Crippen molar-refractivity contribution in [1.82, 2.24) is 9.88 Å². The molecule has 0 atom stereocenters. The Balaban J connectivity index is 1.26. The molecule has 180 valence electrons. The van der Waals surface area contributed by atoms with Crippen LogP contribution in [-0.4, -0.2) is 47.7 Å². The molecule has 0 unspecified atom stereocenters. The van der Waals surface area contributed by atoms with Crippen LogP contribution in [0.5, 0.6) is 0 Å². The zero-order valence-corrected chi connectivity index (χ0v) is 20.0. The Kier molecular flexibility index (Phi) is 7.42. The highest BCUT2D eigenvalue weighted by atomic mass is 35.5. The summed E-state index contributed by atoms with van der Waals surface area (Å²) in [6.07, 6.45) is -4.37. The second-order valence-electron chi connectivity index (χ2n) is 7.94. The van der Waals surface area contributed by atoms with Crippen LogP contribution in [-0.2, 0) is 16.7 Å². The molecule has 1 aliphatic heterocycles. The summed E-state index contributed by atoms with van der Waals surface area (Å²) in [5.41, 5.74) is 1.48. The lowest BCUT2D eigenvalue weighted by atomic mass is 10.1. The van der Waals surface area contributed by atoms with Crippen molar-refractivity contribution in [2.24, 2.45) is 0 Å². The Morgan fingerprint density at radius 1 is 1.12 bits per heavy atom. The molecule has 0 spiro atoms. The number of hydrogen-bond donors (Lipinski definition) is 0. The number of carbonyl (C=O) groups is 1. The molecule has 2 aromatic carbocycles. The van der Waals surface area contributed by atoms with E-state index >= 15 is 0 Å². The Labute approximate surface area is 204 Å². The van der Waals surface area contributed by atoms with Gasteiger partial charge in [-0.3, -0.25) is 4.79 Å². The number of benzene rings is 2. The standard InChI is InChI=1S/C24H23ClF3N3O2S/c1-16-21(29-23(33-16)17-5-7-19(25)8-6-17)14-34-15-22(32)31-11-9-30(10-12-31)20-4-2-3-18(13-20)24(26,27)28/h2-8,13H,9-12,14-15H2,1H3. The monoisotopic (exact) mass is 509 g/mol. The number of alkyl halides is 3. The summed E-state index contributed by atoms with van der Waals surface area (Å²) in [7, 11) is 0. The first-order valence-electron chi connectivity index (χ1n) is 10.7. The van der Waals surface area contributed by atoms with E-state index in [1.54, 1.807) is 23.1 Å². The normalized spacial score (nSPS) is 14.5. The summed E-state index contributed by atoms with van der Waals surface area (Å²) in [5, 5.41) is 0.636. The molecule has 1 aromatic heterocycles. The molecule has 5 nitrogen and oxygen atoms in total. The summed E-state index contributed by atoms with van der Waals surface area (Å²) in [6, 6.07) is 12.5. The molecular formula is C24H23ClF3N3O2S. The second-order valence-corrected chi connectivity index (χ2v) is 9.36. The SMILES string of the molecule is Cc1oc(-c2ccc(Cl)cc2)nc1CSCC(=O)N1CCN(c2cccc(C(F)(F)F)c2)CC1. The number of anilines is 1. The maximum Gasteiger partial charge on any atom is 0.416 e. The quantitative estimate of drug-likeness (QED) is 0.414. The maximum absolute atomic E-state index is 13.0. The molecule has 0 saturated carbocycles. The van der Waals surface area contributed by atoms with Gasteiger partial charge in [0.05, 0.1) is 17.0 Å². The number of nitrogens with zero attached hydrogens (tertiary/aromatic N) is 3. The molecule has 1 saturated heterocycles. The third-order valence-corrected chi connectivity index (χ3v) is 6.80. The lowest BCUT2D eigenvalue weighted by Gasteiger charge is -2.36. The van der Waals surface area contributed by atoms with Crippen LogP contribution in [0.25, 0.3) is 11.5 Å². The molecule has 4 rings (SSSR count). The average molecular weight is 510 g/mol. The number of piperazine rings is 1. The third-order valence-electron chi connectivity index (χ3n) is 5.62. The third kappa shape index (κ3) is 5.88. The number of aryl methyl sites for hydroxylation is 1. The Bertz CT molecular complexity index is 1140. The first-order valence-corrected chi connectivity index (χ1v) is 12.2. The van der Waals surface area contributed by atoms with E-state index in [4.69, 9.17) is 16.0 Å². The van der Waals surface area contributed by atoms with Crippen molar-refractivity contribution < 1.29 is 22.4 Å². The van der Waals surface area contributed by atoms with E-state index in [9.17, 15) is 18.0 Å². The first kappa shape index (κ1) is 24.5. The molecular weight excluding hydrogens is 487 g/mol. The molecule has 1 aliphatic rings. The van der Waals surface area contributed by atoms with Gasteiger partial charge in [0.1, 0.15) is 5.76 Å². The van der Waals surface area contributed by atoms with Crippen LogP contribution in [0, 0.1) is 6.92 Å². The second kappa shape index (κ2) is 10.3. The highest BCUT2D eigenvalue weighted by molar-refractivity contribution is 7.99. The predicted octanol–water partition coefficient (Wildman–Crippen LogP) is 5.90. The minimum Gasteiger partial charge on any atom is -0.441 e. The predicted molar refractivity (Wildman–Crippen MR) is 128 cm³/mol. The highest BCUT2D eigenvalue weighted by Crippen LogP contribution is 2.32. The van der Waals surface area contributed by atoms with E-state index in [1.807, 2.05) is 24.0 Å². The molecule has 1 fully saturated rings. The van der Waals surface area contributed by atoms with Gasteiger partial charge in [-0.25, -0.2) is 4.98 Å². The molecule has 0 bridgehead atoms. The van der Waals surface area contributed by atoms with Gasteiger partial charge < -0.3 is 14.2 Å². The highest BCUT2D eigenvalue weighted by Gasteiger charge is 2.31. The Morgan fingerprint density at radius 3 is 2.50 bits per heavy atom. The lowest BCUT2D eigenvalue weighted by Crippen LogP contribution is -2.49. The topological polar surface area (TPSA) is 49.6 Å². The fourth-order valence-corrected chi connectivity index (χ4v) is 4.74. The molecule has 0 radical (unpaired) electrons. The maximum atomic E-state index is 13.0. The number of aromatic nitrogens is 1. The number of thioether (sulfide) groups is 1. The van der Waals surface area contributed by atoms with Gasteiger partial charge in [-0.2, -0.15) is 13.2 Å². The van der Waals surface area contributed by atoms with Crippen LogP contribution in [0.4, 0.5) is 18.9 Å². The zero-order chi connectivity index (χ0) is 24.3. The summed E-state index contributed by atoms with van der Waals surface area (Å²) in [6.45, 7) is 3.77. The van der Waals surface area contributed by atoms with Crippen molar-refractivity contribution in [3.05, 3.63) is 70.6 Å². The van der Waals surface area contributed by atoms with Crippen molar-refractivity contribution in [2.75, 3.05) is 36.8 Å². The number of oxazole rings is 1. The van der Waals surface area contributed by atoms with Crippen LogP contribution in [0.1, 0.15) is 17.0 Å². The van der Waals surface area contributed by atoms with Gasteiger partial charge in [0.25, 0.3) is 0 Å². The van der Waals surface area contributed by atoms with E-state index in [-0.39, 0.29) is 5.91 Å². The molecule has 10 heteroatoms. The summed E-state index contributed by atoms with van der Waals surface area (Å²) in [5.74, 6) is 2.07. The van der Waals surface area contributed by atoms with Gasteiger partial charge >= 0.3 is 6.18 Å². The lowest BCUT2D eigenvalue weighted by molar-refractivity contribution is -0.137.